The van der Waals surface area contributed by atoms with Gasteiger partial charge in [0.15, 0.2) is 5.78 Å². The number of nitrogens with one attached hydrogen (secondary N) is 1. The van der Waals surface area contributed by atoms with E-state index >= 15 is 0 Å². The Morgan fingerprint density at radius 1 is 1.40 bits per heavy atom. The third kappa shape index (κ3) is 3.89. The molecule has 1 atom stereocenters. The molecule has 0 spiro atoms. The average molecular weight is 411 g/mol. The van der Waals surface area contributed by atoms with Gasteiger partial charge in [-0.05, 0) is 43.6 Å². The Labute approximate surface area is 175 Å². The van der Waals surface area contributed by atoms with Crippen molar-refractivity contribution in [3.8, 4) is 0 Å². The van der Waals surface area contributed by atoms with Crippen LogP contribution in [0.5, 0.6) is 0 Å². The lowest BCUT2D eigenvalue weighted by Gasteiger charge is -2.25. The molecular formula is C23H26FN3O3. The summed E-state index contributed by atoms with van der Waals surface area (Å²) in [6.07, 6.45) is 10.0. The van der Waals surface area contributed by atoms with Crippen LogP contribution in [0, 0.1) is 0 Å². The molecule has 1 aliphatic heterocycles. The number of Topliss-reactive ketones (excluding diaryl/α,β-unsaturated/α-hetero) is 1. The molecule has 0 bridgehead atoms. The van der Waals surface area contributed by atoms with Crippen molar-refractivity contribution in [3.63, 3.8) is 0 Å². The number of aromatic nitrogens is 2. The molecule has 0 fully saturated rings. The quantitative estimate of drug-likeness (QED) is 0.737. The number of halogens is 1. The van der Waals surface area contributed by atoms with Crippen molar-refractivity contribution in [1.29, 1.82) is 0 Å². The van der Waals surface area contributed by atoms with Crippen molar-refractivity contribution in [2.24, 2.45) is 7.05 Å². The van der Waals surface area contributed by atoms with Crippen LogP contribution >= 0.6 is 0 Å². The number of anilines is 1. The molecule has 4 rings (SSSR count). The maximum Gasteiger partial charge on any atom is 0.192 e. The van der Waals surface area contributed by atoms with Crippen molar-refractivity contribution < 1.29 is 18.7 Å². The number of carbonyl (C=O) groups excluding carboxylic acids is 1. The Balaban J connectivity index is 1.73. The van der Waals surface area contributed by atoms with Gasteiger partial charge < -0.3 is 19.4 Å². The number of carbonyl (C=O) groups is 1. The Bertz CT molecular complexity index is 1080. The van der Waals surface area contributed by atoms with Gasteiger partial charge in [-0.1, -0.05) is 6.08 Å². The number of methoxy groups -OCH3 is 1. The maximum atomic E-state index is 14.6. The standard InChI is InChI=1S/C23H26FN3O3/c1-23(24)9-6-19(29-3)18(13-23)26-22-16-7-10-27(2)20(16)17(14-25-22)21(28)15-5-4-11-30-12-8-15/h5-7,9-10,14H,4,8,11-13H2,1-3H3,(H,25,26). The number of rotatable bonds is 5. The summed E-state index contributed by atoms with van der Waals surface area (Å²) in [7, 11) is 3.45. The number of ether oxygens (including phenoxy) is 2. The smallest absolute Gasteiger partial charge is 0.192 e. The minimum absolute atomic E-state index is 0.0277. The fraction of sp³-hybridized carbons (Fsp3) is 0.391. The lowest BCUT2D eigenvalue weighted by molar-refractivity contribution is 0.102. The SMILES string of the molecule is COC1=C(Nc2ncc(C(=O)C3=CCCOCC3)c3c2ccn3C)CC(C)(F)C=C1. The van der Waals surface area contributed by atoms with E-state index in [4.69, 9.17) is 9.47 Å². The summed E-state index contributed by atoms with van der Waals surface area (Å²) in [6, 6.07) is 1.91. The largest absolute Gasteiger partial charge is 0.495 e. The van der Waals surface area contributed by atoms with E-state index in [1.807, 2.05) is 30.0 Å². The predicted octanol–water partition coefficient (Wildman–Crippen LogP) is 4.45. The number of allylic oxidation sites excluding steroid dienone is 3. The normalized spacial score (nSPS) is 22.1. The zero-order valence-corrected chi connectivity index (χ0v) is 17.5. The molecule has 0 radical (unpaired) electrons. The molecule has 0 amide bonds. The Morgan fingerprint density at radius 2 is 2.23 bits per heavy atom. The number of hydrogen-bond donors (Lipinski definition) is 1. The topological polar surface area (TPSA) is 65.4 Å². The summed E-state index contributed by atoms with van der Waals surface area (Å²) in [5.41, 5.74) is 1.25. The van der Waals surface area contributed by atoms with Gasteiger partial charge in [-0.3, -0.25) is 4.79 Å². The first-order valence-electron chi connectivity index (χ1n) is 10.1. The molecule has 30 heavy (non-hydrogen) atoms. The van der Waals surface area contributed by atoms with E-state index in [1.165, 1.54) is 13.0 Å². The van der Waals surface area contributed by atoms with Crippen LogP contribution in [0.3, 0.4) is 0 Å². The second-order valence-electron chi connectivity index (χ2n) is 7.88. The highest BCUT2D eigenvalue weighted by Gasteiger charge is 2.28. The molecule has 7 heteroatoms. The summed E-state index contributed by atoms with van der Waals surface area (Å²) in [5.74, 6) is 1.11. The number of ketones is 1. The Hall–Kier alpha value is -2.93. The minimum Gasteiger partial charge on any atom is -0.495 e. The van der Waals surface area contributed by atoms with Crippen molar-refractivity contribution in [2.45, 2.75) is 31.9 Å². The van der Waals surface area contributed by atoms with Crippen molar-refractivity contribution in [3.05, 3.63) is 59.3 Å². The Morgan fingerprint density at radius 3 is 3.03 bits per heavy atom. The first-order chi connectivity index (χ1) is 14.4. The van der Waals surface area contributed by atoms with Gasteiger partial charge in [0.1, 0.15) is 17.2 Å². The molecule has 6 nitrogen and oxygen atoms in total. The summed E-state index contributed by atoms with van der Waals surface area (Å²) in [5, 5.41) is 4.04. The van der Waals surface area contributed by atoms with E-state index in [1.54, 1.807) is 19.4 Å². The van der Waals surface area contributed by atoms with Crippen LogP contribution in [-0.2, 0) is 16.5 Å². The van der Waals surface area contributed by atoms with Crippen LogP contribution in [0.1, 0.15) is 36.5 Å². The second kappa shape index (κ2) is 8.07. The van der Waals surface area contributed by atoms with Crippen LogP contribution in [0.4, 0.5) is 10.2 Å². The molecule has 2 aromatic rings. The fourth-order valence-corrected chi connectivity index (χ4v) is 3.95. The molecule has 0 saturated carbocycles. The number of fused-ring (bicyclic) bond motifs is 1. The number of hydrogen-bond acceptors (Lipinski definition) is 5. The molecule has 158 valence electrons. The number of nitrogens with zero attached hydrogens (tertiary/aromatic N) is 2. The van der Waals surface area contributed by atoms with Crippen LogP contribution in [0.15, 0.2) is 53.7 Å². The van der Waals surface area contributed by atoms with E-state index in [9.17, 15) is 9.18 Å². The highest BCUT2D eigenvalue weighted by atomic mass is 19.1. The van der Waals surface area contributed by atoms with Crippen LogP contribution in [0.2, 0.25) is 0 Å². The highest BCUT2D eigenvalue weighted by molar-refractivity contribution is 6.16. The zero-order chi connectivity index (χ0) is 21.3. The molecule has 0 saturated heterocycles. The van der Waals surface area contributed by atoms with Gasteiger partial charge in [0.25, 0.3) is 0 Å². The van der Waals surface area contributed by atoms with Crippen molar-refractivity contribution >= 4 is 22.5 Å². The molecular weight excluding hydrogens is 385 g/mol. The fourth-order valence-electron chi connectivity index (χ4n) is 3.95. The lowest BCUT2D eigenvalue weighted by Crippen LogP contribution is -2.23. The Kier molecular flexibility index (Phi) is 5.47. The summed E-state index contributed by atoms with van der Waals surface area (Å²) < 4.78 is 27.3. The summed E-state index contributed by atoms with van der Waals surface area (Å²) in [4.78, 5) is 17.7. The first-order valence-corrected chi connectivity index (χ1v) is 10.1. The van der Waals surface area contributed by atoms with Crippen molar-refractivity contribution in [1.82, 2.24) is 9.55 Å². The van der Waals surface area contributed by atoms with E-state index < -0.39 is 5.67 Å². The van der Waals surface area contributed by atoms with Gasteiger partial charge in [-0.15, -0.1) is 0 Å². The molecule has 1 unspecified atom stereocenters. The molecule has 2 aliphatic rings. The molecule has 0 aromatic carbocycles. The van der Waals surface area contributed by atoms with E-state index in [0.717, 1.165) is 22.9 Å². The number of alkyl halides is 1. The third-order valence-corrected chi connectivity index (χ3v) is 5.50. The van der Waals surface area contributed by atoms with E-state index in [2.05, 4.69) is 10.3 Å². The van der Waals surface area contributed by atoms with Gasteiger partial charge in [0.2, 0.25) is 0 Å². The van der Waals surface area contributed by atoms with Gasteiger partial charge in [0.05, 0.1) is 37.1 Å². The third-order valence-electron chi connectivity index (χ3n) is 5.50. The van der Waals surface area contributed by atoms with E-state index in [0.29, 0.717) is 42.5 Å². The predicted molar refractivity (Wildman–Crippen MR) is 114 cm³/mol. The first kappa shape index (κ1) is 20.3. The minimum atomic E-state index is -1.47. The summed E-state index contributed by atoms with van der Waals surface area (Å²) >= 11 is 0. The van der Waals surface area contributed by atoms with E-state index in [-0.39, 0.29) is 12.2 Å². The van der Waals surface area contributed by atoms with Crippen LogP contribution in [0.25, 0.3) is 10.9 Å². The van der Waals surface area contributed by atoms with Gasteiger partial charge in [0, 0.05) is 31.2 Å². The van der Waals surface area contributed by atoms with Gasteiger partial charge in [-0.2, -0.15) is 0 Å². The summed E-state index contributed by atoms with van der Waals surface area (Å²) in [6.45, 7) is 2.70. The van der Waals surface area contributed by atoms with Crippen LogP contribution < -0.4 is 5.32 Å². The van der Waals surface area contributed by atoms with Crippen LogP contribution in [-0.4, -0.2) is 41.3 Å². The lowest BCUT2D eigenvalue weighted by atomic mass is 9.96. The number of pyridine rings is 1. The molecule has 1 aliphatic carbocycles. The highest BCUT2D eigenvalue weighted by Crippen LogP contribution is 2.34. The average Bonchev–Trinajstić information content (AvgIpc) is 2.92. The van der Waals surface area contributed by atoms with Crippen molar-refractivity contribution in [2.75, 3.05) is 25.6 Å². The monoisotopic (exact) mass is 411 g/mol. The second-order valence-corrected chi connectivity index (χ2v) is 7.88. The molecule has 1 N–H and O–H groups in total. The maximum absolute atomic E-state index is 14.6. The zero-order valence-electron chi connectivity index (χ0n) is 17.5. The number of aryl methyl sites for hydroxylation is 1. The van der Waals surface area contributed by atoms with Gasteiger partial charge >= 0.3 is 0 Å². The van der Waals surface area contributed by atoms with Gasteiger partial charge in [-0.25, -0.2) is 9.37 Å². The molecule has 2 aromatic heterocycles. The molecule has 3 heterocycles.